The van der Waals surface area contributed by atoms with E-state index in [0.29, 0.717) is 38.8 Å². The third kappa shape index (κ3) is 5.90. The first-order chi connectivity index (χ1) is 15.4. The van der Waals surface area contributed by atoms with E-state index in [1.807, 2.05) is 30.3 Å². The molecule has 2 N–H and O–H groups in total. The Morgan fingerprint density at radius 2 is 1.72 bits per heavy atom. The summed E-state index contributed by atoms with van der Waals surface area (Å²) in [4.78, 5) is 39.3. The molecule has 0 aromatic heterocycles. The van der Waals surface area contributed by atoms with Crippen molar-refractivity contribution in [1.29, 1.82) is 0 Å². The molecule has 3 rings (SSSR count). The molecule has 1 aliphatic rings. The maximum atomic E-state index is 13.6. The van der Waals surface area contributed by atoms with Gasteiger partial charge in [-0.05, 0) is 42.5 Å². The zero-order valence-corrected chi connectivity index (χ0v) is 17.9. The van der Waals surface area contributed by atoms with Crippen LogP contribution in [0.3, 0.4) is 0 Å². The number of carbonyl (C=O) groups excluding carboxylic acids is 3. The number of piperidine rings is 1. The lowest BCUT2D eigenvalue weighted by atomic mass is 9.94. The zero-order chi connectivity index (χ0) is 23.1. The van der Waals surface area contributed by atoms with E-state index in [9.17, 15) is 23.2 Å². The third-order valence-corrected chi connectivity index (χ3v) is 5.76. The molecule has 2 aromatic rings. The second-order valence-corrected chi connectivity index (χ2v) is 7.87. The highest BCUT2D eigenvalue weighted by molar-refractivity contribution is 5.89. The van der Waals surface area contributed by atoms with Crippen LogP contribution in [0.1, 0.15) is 36.4 Å². The Morgan fingerprint density at radius 3 is 2.34 bits per heavy atom. The summed E-state index contributed by atoms with van der Waals surface area (Å²) in [5, 5.41) is 5.08. The quantitative estimate of drug-likeness (QED) is 0.691. The van der Waals surface area contributed by atoms with Crippen LogP contribution in [0.2, 0.25) is 0 Å². The summed E-state index contributed by atoms with van der Waals surface area (Å²) in [6.07, 6.45) is 2.03. The highest BCUT2D eigenvalue weighted by Gasteiger charge is 2.30. The average Bonchev–Trinajstić information content (AvgIpc) is 2.83. The second-order valence-electron chi connectivity index (χ2n) is 7.87. The number of rotatable bonds is 7. The molecule has 6 nitrogen and oxygen atoms in total. The first-order valence-electron chi connectivity index (χ1n) is 10.7. The second kappa shape index (κ2) is 10.8. The number of hydrogen-bond donors (Lipinski definition) is 2. The van der Waals surface area contributed by atoms with Crippen LogP contribution in [0.15, 0.2) is 48.5 Å². The van der Waals surface area contributed by atoms with Crippen molar-refractivity contribution in [3.63, 3.8) is 0 Å². The van der Waals surface area contributed by atoms with Crippen LogP contribution in [0.4, 0.5) is 8.78 Å². The van der Waals surface area contributed by atoms with Gasteiger partial charge in [-0.2, -0.15) is 0 Å². The lowest BCUT2D eigenvalue weighted by molar-refractivity contribution is -0.136. The number of aryl methyl sites for hydroxylation is 1. The molecule has 170 valence electrons. The predicted octanol–water partition coefficient (Wildman–Crippen LogP) is 2.74. The Labute approximate surface area is 186 Å². The van der Waals surface area contributed by atoms with Crippen molar-refractivity contribution >= 4 is 17.7 Å². The number of nitrogens with zero attached hydrogens (tertiary/aromatic N) is 1. The van der Waals surface area contributed by atoms with Gasteiger partial charge in [0.05, 0.1) is 0 Å². The van der Waals surface area contributed by atoms with Gasteiger partial charge in [-0.15, -0.1) is 0 Å². The first-order valence-corrected chi connectivity index (χ1v) is 10.7. The highest BCUT2D eigenvalue weighted by Crippen LogP contribution is 2.22. The molecule has 0 radical (unpaired) electrons. The number of amides is 3. The van der Waals surface area contributed by atoms with Crippen LogP contribution in [-0.2, 0) is 20.8 Å². The van der Waals surface area contributed by atoms with E-state index in [1.54, 1.807) is 4.90 Å². The molecule has 2 aromatic carbocycles. The molecule has 1 aliphatic heterocycles. The summed E-state index contributed by atoms with van der Waals surface area (Å²) in [7, 11) is 1.40. The summed E-state index contributed by atoms with van der Waals surface area (Å²) in [6.45, 7) is 0.920. The normalized spacial score (nSPS) is 15.2. The van der Waals surface area contributed by atoms with Crippen molar-refractivity contribution in [3.05, 3.63) is 71.3 Å². The van der Waals surface area contributed by atoms with E-state index < -0.39 is 23.6 Å². The van der Waals surface area contributed by atoms with Crippen LogP contribution < -0.4 is 10.6 Å². The predicted molar refractivity (Wildman–Crippen MR) is 115 cm³/mol. The molecule has 1 heterocycles. The number of benzene rings is 2. The Hall–Kier alpha value is -3.29. The van der Waals surface area contributed by atoms with Crippen molar-refractivity contribution in [2.75, 3.05) is 20.1 Å². The molecule has 8 heteroatoms. The summed E-state index contributed by atoms with van der Waals surface area (Å²) in [5.41, 5.74) is 1.26. The lowest BCUT2D eigenvalue weighted by Crippen LogP contribution is -2.46. The van der Waals surface area contributed by atoms with Gasteiger partial charge in [0.15, 0.2) is 11.6 Å². The third-order valence-electron chi connectivity index (χ3n) is 5.76. The summed E-state index contributed by atoms with van der Waals surface area (Å²) in [6, 6.07) is 11.8. The van der Waals surface area contributed by atoms with Gasteiger partial charge in [0, 0.05) is 32.5 Å². The fourth-order valence-corrected chi connectivity index (χ4v) is 3.84. The molecule has 0 spiro atoms. The summed E-state index contributed by atoms with van der Waals surface area (Å²) >= 11 is 0. The van der Waals surface area contributed by atoms with Crippen molar-refractivity contribution in [2.24, 2.45) is 5.92 Å². The van der Waals surface area contributed by atoms with Crippen LogP contribution in [0.25, 0.3) is 0 Å². The van der Waals surface area contributed by atoms with E-state index in [1.165, 1.54) is 13.1 Å². The minimum absolute atomic E-state index is 0.0535. The molecule has 32 heavy (non-hydrogen) atoms. The van der Waals surface area contributed by atoms with Crippen LogP contribution in [0.5, 0.6) is 0 Å². The fraction of sp³-hybridized carbons (Fsp3) is 0.375. The molecule has 1 saturated heterocycles. The van der Waals surface area contributed by atoms with Crippen LogP contribution in [0, 0.1) is 17.6 Å². The largest absolute Gasteiger partial charge is 0.357 e. The fourth-order valence-electron chi connectivity index (χ4n) is 3.84. The molecule has 0 bridgehead atoms. The SMILES string of the molecule is CNC(=O)C(NC(=O)C1CCN(C(=O)CCc2ccccc2)CC1)c1ccc(F)c(F)c1. The Balaban J connectivity index is 1.54. The minimum atomic E-state index is -1.13. The van der Waals surface area contributed by atoms with E-state index >= 15 is 0 Å². The smallest absolute Gasteiger partial charge is 0.246 e. The topological polar surface area (TPSA) is 78.5 Å². The van der Waals surface area contributed by atoms with Gasteiger partial charge in [-0.3, -0.25) is 14.4 Å². The van der Waals surface area contributed by atoms with Crippen molar-refractivity contribution in [2.45, 2.75) is 31.7 Å². The maximum Gasteiger partial charge on any atom is 0.246 e. The first kappa shape index (κ1) is 23.4. The standard InChI is InChI=1S/C24H27F2N3O3/c1-27-24(32)22(18-8-9-19(25)20(26)15-18)28-23(31)17-11-13-29(14-12-17)21(30)10-7-16-5-3-2-4-6-16/h2-6,8-9,15,17,22H,7,10-14H2,1H3,(H,27,32)(H,28,31). The van der Waals surface area contributed by atoms with E-state index in [4.69, 9.17) is 0 Å². The number of likely N-dealkylation sites (tertiary alicyclic amines) is 1. The van der Waals surface area contributed by atoms with E-state index in [-0.39, 0.29) is 23.3 Å². The summed E-state index contributed by atoms with van der Waals surface area (Å²) in [5.74, 6) is -3.31. The van der Waals surface area contributed by atoms with Gasteiger partial charge < -0.3 is 15.5 Å². The van der Waals surface area contributed by atoms with Gasteiger partial charge >= 0.3 is 0 Å². The van der Waals surface area contributed by atoms with Crippen molar-refractivity contribution in [3.8, 4) is 0 Å². The van der Waals surface area contributed by atoms with Crippen LogP contribution >= 0.6 is 0 Å². The van der Waals surface area contributed by atoms with Crippen molar-refractivity contribution in [1.82, 2.24) is 15.5 Å². The zero-order valence-electron chi connectivity index (χ0n) is 17.9. The lowest BCUT2D eigenvalue weighted by Gasteiger charge is -2.32. The van der Waals surface area contributed by atoms with E-state index in [2.05, 4.69) is 10.6 Å². The minimum Gasteiger partial charge on any atom is -0.357 e. The number of likely N-dealkylation sites (N-methyl/N-ethyl adjacent to an activating group) is 1. The van der Waals surface area contributed by atoms with E-state index in [0.717, 1.165) is 17.7 Å². The Morgan fingerprint density at radius 1 is 1.03 bits per heavy atom. The van der Waals surface area contributed by atoms with Gasteiger partial charge in [0.1, 0.15) is 6.04 Å². The van der Waals surface area contributed by atoms with Gasteiger partial charge in [0.2, 0.25) is 17.7 Å². The molecule has 0 aliphatic carbocycles. The summed E-state index contributed by atoms with van der Waals surface area (Å²) < 4.78 is 26.9. The number of hydrogen-bond acceptors (Lipinski definition) is 3. The molecule has 1 atom stereocenters. The highest BCUT2D eigenvalue weighted by atomic mass is 19.2. The van der Waals surface area contributed by atoms with Gasteiger partial charge in [-0.25, -0.2) is 8.78 Å². The maximum absolute atomic E-state index is 13.6. The monoisotopic (exact) mass is 443 g/mol. The molecule has 1 unspecified atom stereocenters. The van der Waals surface area contributed by atoms with Gasteiger partial charge in [0.25, 0.3) is 0 Å². The van der Waals surface area contributed by atoms with Gasteiger partial charge in [-0.1, -0.05) is 36.4 Å². The molecule has 0 saturated carbocycles. The number of nitrogens with one attached hydrogen (secondary N) is 2. The molecule has 1 fully saturated rings. The molecular formula is C24H27F2N3O3. The Bertz CT molecular complexity index is 960. The number of carbonyl (C=O) groups is 3. The molecular weight excluding hydrogens is 416 g/mol. The van der Waals surface area contributed by atoms with Crippen LogP contribution in [-0.4, -0.2) is 42.8 Å². The molecule has 3 amide bonds. The Kier molecular flexibility index (Phi) is 7.92. The number of halogens is 2. The average molecular weight is 443 g/mol. The van der Waals surface area contributed by atoms with Crippen molar-refractivity contribution < 1.29 is 23.2 Å².